The van der Waals surface area contributed by atoms with E-state index in [1.807, 2.05) is 48.5 Å². The number of amides is 1. The third kappa shape index (κ3) is 5.43. The van der Waals surface area contributed by atoms with Crippen molar-refractivity contribution in [3.05, 3.63) is 62.5 Å². The van der Waals surface area contributed by atoms with E-state index >= 15 is 0 Å². The molecule has 1 aliphatic rings. The molecule has 150 valence electrons. The molecule has 0 spiro atoms. The first-order valence-corrected chi connectivity index (χ1v) is 11.3. The molecule has 6 nitrogen and oxygen atoms in total. The Hall–Kier alpha value is -1.78. The van der Waals surface area contributed by atoms with Gasteiger partial charge >= 0.3 is 0 Å². The molecule has 0 unspecified atom stereocenters. The number of nitrogens with one attached hydrogen (secondary N) is 1. The monoisotopic (exact) mass is 566 g/mol. The minimum Gasteiger partial charge on any atom is -0.338 e. The van der Waals surface area contributed by atoms with Crippen molar-refractivity contribution in [1.82, 2.24) is 15.0 Å². The summed E-state index contributed by atoms with van der Waals surface area (Å²) in [4.78, 5) is 19.3. The molecule has 8 heteroatoms. The molecular weight excluding hydrogens is 547 g/mol. The normalized spacial score (nSPS) is 15.4. The SMILES string of the molecule is O=C(Nc1ccc(I)cc1)C1CCN(Cc2nc(-c3cccc(Br)c3)no2)CC1. The van der Waals surface area contributed by atoms with E-state index in [0.29, 0.717) is 18.3 Å². The number of aromatic nitrogens is 2. The quantitative estimate of drug-likeness (QED) is 0.442. The summed E-state index contributed by atoms with van der Waals surface area (Å²) in [6.07, 6.45) is 1.64. The van der Waals surface area contributed by atoms with Crippen LogP contribution in [0.5, 0.6) is 0 Å². The Bertz CT molecular complexity index is 984. The summed E-state index contributed by atoms with van der Waals surface area (Å²) in [7, 11) is 0. The number of benzene rings is 2. The van der Waals surface area contributed by atoms with Gasteiger partial charge in [0.1, 0.15) is 0 Å². The number of hydrogen-bond donors (Lipinski definition) is 1. The predicted molar refractivity (Wildman–Crippen MR) is 123 cm³/mol. The van der Waals surface area contributed by atoms with Crippen LogP contribution in [0.2, 0.25) is 0 Å². The fraction of sp³-hybridized carbons (Fsp3) is 0.286. The van der Waals surface area contributed by atoms with E-state index < -0.39 is 0 Å². The summed E-state index contributed by atoms with van der Waals surface area (Å²) in [6, 6.07) is 15.7. The molecular formula is C21H20BrIN4O2. The van der Waals surface area contributed by atoms with Gasteiger partial charge in [-0.15, -0.1) is 0 Å². The number of carbonyl (C=O) groups is 1. The summed E-state index contributed by atoms with van der Waals surface area (Å²) in [5.74, 6) is 1.32. The van der Waals surface area contributed by atoms with E-state index in [4.69, 9.17) is 4.52 Å². The number of anilines is 1. The third-order valence-corrected chi connectivity index (χ3v) is 6.19. The molecule has 0 radical (unpaired) electrons. The Morgan fingerprint density at radius 1 is 1.21 bits per heavy atom. The minimum atomic E-state index is 0.0328. The highest BCUT2D eigenvalue weighted by molar-refractivity contribution is 14.1. The van der Waals surface area contributed by atoms with Crippen molar-refractivity contribution < 1.29 is 9.32 Å². The molecule has 0 bridgehead atoms. The van der Waals surface area contributed by atoms with Gasteiger partial charge in [0.05, 0.1) is 6.54 Å². The lowest BCUT2D eigenvalue weighted by Crippen LogP contribution is -2.37. The van der Waals surface area contributed by atoms with Crippen molar-refractivity contribution in [1.29, 1.82) is 0 Å². The van der Waals surface area contributed by atoms with Crippen LogP contribution in [0.15, 0.2) is 57.5 Å². The zero-order chi connectivity index (χ0) is 20.2. The first kappa shape index (κ1) is 20.5. The van der Waals surface area contributed by atoms with Gasteiger partial charge in [0.15, 0.2) is 0 Å². The molecule has 29 heavy (non-hydrogen) atoms. The van der Waals surface area contributed by atoms with E-state index in [1.165, 1.54) is 0 Å². The van der Waals surface area contributed by atoms with Gasteiger partial charge in [-0.25, -0.2) is 0 Å². The standard InChI is InChI=1S/C21H20BrIN4O2/c22-16-3-1-2-15(12-16)20-25-19(29-26-20)13-27-10-8-14(9-11-27)21(28)24-18-6-4-17(23)5-7-18/h1-7,12,14H,8-11,13H2,(H,24,28). The fourth-order valence-corrected chi connectivity index (χ4v) is 4.14. The second kappa shape index (κ2) is 9.36. The van der Waals surface area contributed by atoms with Crippen LogP contribution < -0.4 is 5.32 Å². The van der Waals surface area contributed by atoms with Crippen LogP contribution in [0.1, 0.15) is 18.7 Å². The molecule has 1 saturated heterocycles. The van der Waals surface area contributed by atoms with E-state index in [1.54, 1.807) is 0 Å². The second-order valence-corrected chi connectivity index (χ2v) is 9.23. The molecule has 1 amide bonds. The van der Waals surface area contributed by atoms with Crippen molar-refractivity contribution in [3.63, 3.8) is 0 Å². The molecule has 2 heterocycles. The maximum Gasteiger partial charge on any atom is 0.241 e. The van der Waals surface area contributed by atoms with Crippen LogP contribution in [0.3, 0.4) is 0 Å². The third-order valence-electron chi connectivity index (χ3n) is 4.98. The van der Waals surface area contributed by atoms with Crippen molar-refractivity contribution in [2.24, 2.45) is 5.92 Å². The van der Waals surface area contributed by atoms with Crippen LogP contribution >= 0.6 is 38.5 Å². The van der Waals surface area contributed by atoms with E-state index in [9.17, 15) is 4.79 Å². The van der Waals surface area contributed by atoms with Crippen LogP contribution in [-0.4, -0.2) is 34.0 Å². The predicted octanol–water partition coefficient (Wildman–Crippen LogP) is 4.95. The largest absolute Gasteiger partial charge is 0.338 e. The maximum atomic E-state index is 12.5. The zero-order valence-electron chi connectivity index (χ0n) is 15.6. The number of likely N-dealkylation sites (tertiary alicyclic amines) is 1. The highest BCUT2D eigenvalue weighted by atomic mass is 127. The number of rotatable bonds is 5. The average Bonchev–Trinajstić information content (AvgIpc) is 3.19. The van der Waals surface area contributed by atoms with E-state index in [2.05, 4.69) is 58.9 Å². The van der Waals surface area contributed by atoms with Gasteiger partial charge in [-0.2, -0.15) is 4.98 Å². The van der Waals surface area contributed by atoms with E-state index in [0.717, 1.165) is 45.2 Å². The molecule has 0 aliphatic carbocycles. The first-order valence-electron chi connectivity index (χ1n) is 9.44. The lowest BCUT2D eigenvalue weighted by Gasteiger charge is -2.30. The zero-order valence-corrected chi connectivity index (χ0v) is 19.4. The lowest BCUT2D eigenvalue weighted by molar-refractivity contribution is -0.121. The molecule has 3 aromatic rings. The summed E-state index contributed by atoms with van der Waals surface area (Å²) in [5.41, 5.74) is 1.77. The van der Waals surface area contributed by atoms with Crippen molar-refractivity contribution in [3.8, 4) is 11.4 Å². The topological polar surface area (TPSA) is 71.3 Å². The Morgan fingerprint density at radius 3 is 2.69 bits per heavy atom. The van der Waals surface area contributed by atoms with Crippen LogP contribution in [-0.2, 0) is 11.3 Å². The molecule has 4 rings (SSSR count). The Kier molecular flexibility index (Phi) is 6.61. The summed E-state index contributed by atoms with van der Waals surface area (Å²) in [6.45, 7) is 2.27. The second-order valence-electron chi connectivity index (χ2n) is 7.07. The van der Waals surface area contributed by atoms with Gasteiger partial charge in [-0.3, -0.25) is 9.69 Å². The van der Waals surface area contributed by atoms with Gasteiger partial charge in [0, 0.05) is 25.2 Å². The molecule has 2 aromatic carbocycles. The van der Waals surface area contributed by atoms with Crippen LogP contribution in [0.25, 0.3) is 11.4 Å². The molecule has 1 N–H and O–H groups in total. The summed E-state index contributed by atoms with van der Waals surface area (Å²) in [5, 5.41) is 7.11. The number of halogens is 2. The average molecular weight is 567 g/mol. The molecule has 1 fully saturated rings. The van der Waals surface area contributed by atoms with Crippen molar-refractivity contribution in [2.75, 3.05) is 18.4 Å². The van der Waals surface area contributed by atoms with Gasteiger partial charge in [-0.05, 0) is 84.9 Å². The number of carbonyl (C=O) groups excluding carboxylic acids is 1. The Morgan fingerprint density at radius 2 is 1.97 bits per heavy atom. The molecule has 1 aromatic heterocycles. The van der Waals surface area contributed by atoms with Gasteiger partial charge in [0.25, 0.3) is 0 Å². The van der Waals surface area contributed by atoms with E-state index in [-0.39, 0.29) is 11.8 Å². The van der Waals surface area contributed by atoms with Crippen molar-refractivity contribution >= 4 is 50.1 Å². The van der Waals surface area contributed by atoms with Gasteiger partial charge in [-0.1, -0.05) is 33.2 Å². The summed E-state index contributed by atoms with van der Waals surface area (Å²) >= 11 is 5.71. The smallest absolute Gasteiger partial charge is 0.241 e. The fourth-order valence-electron chi connectivity index (χ4n) is 3.39. The van der Waals surface area contributed by atoms with Crippen LogP contribution in [0, 0.1) is 9.49 Å². The van der Waals surface area contributed by atoms with Gasteiger partial charge < -0.3 is 9.84 Å². The Labute approximate surface area is 191 Å². The first-order chi connectivity index (χ1) is 14.1. The highest BCUT2D eigenvalue weighted by Gasteiger charge is 2.26. The molecule has 0 saturated carbocycles. The van der Waals surface area contributed by atoms with Crippen LogP contribution in [0.4, 0.5) is 5.69 Å². The molecule has 0 atom stereocenters. The van der Waals surface area contributed by atoms with Gasteiger partial charge in [0.2, 0.25) is 17.6 Å². The minimum absolute atomic E-state index is 0.0328. The number of piperidine rings is 1. The Balaban J connectivity index is 1.29. The van der Waals surface area contributed by atoms with Crippen molar-refractivity contribution in [2.45, 2.75) is 19.4 Å². The maximum absolute atomic E-state index is 12.5. The molecule has 1 aliphatic heterocycles. The number of nitrogens with zero attached hydrogens (tertiary/aromatic N) is 3. The number of hydrogen-bond acceptors (Lipinski definition) is 5. The highest BCUT2D eigenvalue weighted by Crippen LogP contribution is 2.23. The summed E-state index contributed by atoms with van der Waals surface area (Å²) < 4.78 is 7.56. The lowest BCUT2D eigenvalue weighted by atomic mass is 9.96.